The molecule has 1 rings (SSSR count). The Kier molecular flexibility index (Phi) is 6.16. The van der Waals surface area contributed by atoms with Crippen molar-refractivity contribution in [1.29, 1.82) is 0 Å². The van der Waals surface area contributed by atoms with Gasteiger partial charge in [-0.15, -0.1) is 0 Å². The monoisotopic (exact) mass is 258 g/mol. The van der Waals surface area contributed by atoms with Crippen LogP contribution < -0.4 is 0 Å². The van der Waals surface area contributed by atoms with Crippen LogP contribution >= 0.6 is 0 Å². The molecule has 0 atom stereocenters. The van der Waals surface area contributed by atoms with Crippen molar-refractivity contribution in [2.45, 2.75) is 6.92 Å². The molecule has 1 aromatic rings. The maximum absolute atomic E-state index is 11.5. The topological polar surface area (TPSA) is 35.5 Å². The van der Waals surface area contributed by atoms with Crippen molar-refractivity contribution >= 4 is 12.0 Å². The highest BCUT2D eigenvalue weighted by Crippen LogP contribution is 2.12. The number of benzene rings is 1. The van der Waals surface area contributed by atoms with Crippen molar-refractivity contribution in [3.63, 3.8) is 0 Å². The van der Waals surface area contributed by atoms with Crippen LogP contribution in [0.2, 0.25) is 0 Å². The fraction of sp³-hybridized carbons (Fsp3) is 0.188. The Balaban J connectivity index is 2.83. The lowest BCUT2D eigenvalue weighted by Gasteiger charge is -2.04. The normalized spacial score (nSPS) is 12.6. The largest absolute Gasteiger partial charge is 0.503 e. The maximum Gasteiger partial charge on any atom is 0.341 e. The van der Waals surface area contributed by atoms with Crippen LogP contribution in [0.15, 0.2) is 59.9 Å². The molecule has 0 aliphatic heterocycles. The highest BCUT2D eigenvalue weighted by atomic mass is 16.5. The Hall–Kier alpha value is -2.29. The molecule has 19 heavy (non-hydrogen) atoms. The van der Waals surface area contributed by atoms with Gasteiger partial charge in [0, 0.05) is 0 Å². The van der Waals surface area contributed by atoms with Gasteiger partial charge in [-0.3, -0.25) is 0 Å². The Morgan fingerprint density at radius 3 is 2.42 bits per heavy atom. The van der Waals surface area contributed by atoms with E-state index in [0.29, 0.717) is 5.57 Å². The zero-order chi connectivity index (χ0) is 14.1. The molecule has 0 radical (unpaired) electrons. The van der Waals surface area contributed by atoms with Gasteiger partial charge in [0.1, 0.15) is 0 Å². The van der Waals surface area contributed by atoms with Gasteiger partial charge in [-0.05, 0) is 18.1 Å². The summed E-state index contributed by atoms with van der Waals surface area (Å²) in [6.45, 7) is 1.83. The van der Waals surface area contributed by atoms with Gasteiger partial charge in [-0.1, -0.05) is 48.6 Å². The highest BCUT2D eigenvalue weighted by Gasteiger charge is 2.11. The van der Waals surface area contributed by atoms with E-state index in [1.165, 1.54) is 20.5 Å². The van der Waals surface area contributed by atoms with Crippen LogP contribution in [0.25, 0.3) is 6.08 Å². The van der Waals surface area contributed by atoms with Crippen LogP contribution in [0.5, 0.6) is 0 Å². The van der Waals surface area contributed by atoms with Gasteiger partial charge in [-0.25, -0.2) is 4.79 Å². The molecule has 1 aromatic carbocycles. The average molecular weight is 258 g/mol. The highest BCUT2D eigenvalue weighted by molar-refractivity contribution is 5.92. The smallest absolute Gasteiger partial charge is 0.341 e. The minimum absolute atomic E-state index is 0.405. The summed E-state index contributed by atoms with van der Waals surface area (Å²) in [6, 6.07) is 9.93. The van der Waals surface area contributed by atoms with E-state index in [4.69, 9.17) is 9.47 Å². The average Bonchev–Trinajstić information content (AvgIpc) is 2.45. The fourth-order valence-corrected chi connectivity index (χ4v) is 1.49. The molecule has 0 fully saturated rings. The van der Waals surface area contributed by atoms with E-state index >= 15 is 0 Å². The molecule has 0 unspecified atom stereocenters. The van der Waals surface area contributed by atoms with Crippen molar-refractivity contribution in [2.24, 2.45) is 0 Å². The summed E-state index contributed by atoms with van der Waals surface area (Å²) in [5.74, 6) is -0.413. The maximum atomic E-state index is 11.5. The van der Waals surface area contributed by atoms with Gasteiger partial charge in [0.15, 0.2) is 0 Å². The third-order valence-electron chi connectivity index (χ3n) is 2.50. The number of esters is 1. The van der Waals surface area contributed by atoms with Gasteiger partial charge >= 0.3 is 5.97 Å². The summed E-state index contributed by atoms with van der Waals surface area (Å²) in [7, 11) is 2.84. The third kappa shape index (κ3) is 4.84. The van der Waals surface area contributed by atoms with E-state index in [0.717, 1.165) is 11.1 Å². The Bertz CT molecular complexity index is 496. The number of ether oxygens (including phenoxy) is 2. The van der Waals surface area contributed by atoms with Gasteiger partial charge < -0.3 is 9.47 Å². The van der Waals surface area contributed by atoms with Crippen molar-refractivity contribution in [1.82, 2.24) is 0 Å². The van der Waals surface area contributed by atoms with E-state index < -0.39 is 5.97 Å². The first-order valence-corrected chi connectivity index (χ1v) is 5.90. The van der Waals surface area contributed by atoms with Crippen molar-refractivity contribution in [3.05, 3.63) is 65.5 Å². The molecular weight excluding hydrogens is 240 g/mol. The van der Waals surface area contributed by atoms with Crippen LogP contribution in [0, 0.1) is 0 Å². The molecule has 0 saturated heterocycles. The second-order valence-electron chi connectivity index (χ2n) is 3.88. The SMILES string of the molecule is COC=C(C(=O)OC)C(C)=CC=Cc1ccccc1. The van der Waals surface area contributed by atoms with E-state index in [9.17, 15) is 4.79 Å². The van der Waals surface area contributed by atoms with Gasteiger partial charge in [0.2, 0.25) is 0 Å². The predicted octanol–water partition coefficient (Wildman–Crippen LogP) is 3.35. The minimum Gasteiger partial charge on any atom is -0.503 e. The summed E-state index contributed by atoms with van der Waals surface area (Å²) in [4.78, 5) is 11.5. The van der Waals surface area contributed by atoms with Crippen LogP contribution in [0.3, 0.4) is 0 Å². The van der Waals surface area contributed by atoms with E-state index in [1.807, 2.05) is 55.5 Å². The van der Waals surface area contributed by atoms with Crippen LogP contribution in [0.4, 0.5) is 0 Å². The van der Waals surface area contributed by atoms with E-state index in [1.54, 1.807) is 0 Å². The van der Waals surface area contributed by atoms with Gasteiger partial charge in [-0.2, -0.15) is 0 Å². The first-order chi connectivity index (χ1) is 9.19. The third-order valence-corrected chi connectivity index (χ3v) is 2.50. The zero-order valence-corrected chi connectivity index (χ0v) is 11.4. The second kappa shape index (κ2) is 7.93. The number of allylic oxidation sites excluding steroid dienone is 2. The minimum atomic E-state index is -0.413. The molecule has 0 amide bonds. The molecule has 0 heterocycles. The fourth-order valence-electron chi connectivity index (χ4n) is 1.49. The summed E-state index contributed by atoms with van der Waals surface area (Å²) >= 11 is 0. The van der Waals surface area contributed by atoms with Crippen LogP contribution in [-0.4, -0.2) is 20.2 Å². The lowest BCUT2D eigenvalue weighted by Crippen LogP contribution is -2.06. The number of methoxy groups -OCH3 is 2. The first kappa shape index (κ1) is 14.8. The van der Waals surface area contributed by atoms with Crippen LogP contribution in [0.1, 0.15) is 12.5 Å². The standard InChI is InChI=1S/C16H18O3/c1-13(15(12-18-2)16(17)19-3)8-7-11-14-9-5-4-6-10-14/h4-12H,1-3H3. The summed E-state index contributed by atoms with van der Waals surface area (Å²) in [5, 5.41) is 0. The number of carbonyl (C=O) groups excluding carboxylic acids is 1. The number of hydrogen-bond donors (Lipinski definition) is 0. The molecule has 0 bridgehead atoms. The number of hydrogen-bond acceptors (Lipinski definition) is 3. The molecule has 0 aliphatic carbocycles. The van der Waals surface area contributed by atoms with Crippen LogP contribution in [-0.2, 0) is 14.3 Å². The Labute approximate surface area is 113 Å². The summed E-state index contributed by atoms with van der Waals surface area (Å²) in [6.07, 6.45) is 7.07. The summed E-state index contributed by atoms with van der Waals surface area (Å²) in [5.41, 5.74) is 2.28. The predicted molar refractivity (Wildman–Crippen MR) is 76.3 cm³/mol. The molecule has 0 aliphatic rings. The van der Waals surface area contributed by atoms with Crippen molar-refractivity contribution < 1.29 is 14.3 Å². The lowest BCUT2D eigenvalue weighted by atomic mass is 10.1. The molecule has 100 valence electrons. The number of rotatable bonds is 5. The van der Waals surface area contributed by atoms with E-state index in [2.05, 4.69) is 0 Å². The first-order valence-electron chi connectivity index (χ1n) is 5.90. The lowest BCUT2D eigenvalue weighted by molar-refractivity contribution is -0.135. The Morgan fingerprint density at radius 1 is 1.16 bits per heavy atom. The van der Waals surface area contributed by atoms with Gasteiger partial charge in [0.05, 0.1) is 26.1 Å². The molecule has 0 spiro atoms. The van der Waals surface area contributed by atoms with Crippen molar-refractivity contribution in [3.8, 4) is 0 Å². The molecule has 0 aromatic heterocycles. The molecule has 3 nitrogen and oxygen atoms in total. The van der Waals surface area contributed by atoms with Gasteiger partial charge in [0.25, 0.3) is 0 Å². The second-order valence-corrected chi connectivity index (χ2v) is 3.88. The molecule has 0 N–H and O–H groups in total. The van der Waals surface area contributed by atoms with E-state index in [-0.39, 0.29) is 0 Å². The molecule has 3 heteroatoms. The molecular formula is C16H18O3. The van der Waals surface area contributed by atoms with Crippen molar-refractivity contribution in [2.75, 3.05) is 14.2 Å². The molecule has 0 saturated carbocycles. The summed E-state index contributed by atoms with van der Waals surface area (Å²) < 4.78 is 9.58. The number of carbonyl (C=O) groups is 1. The zero-order valence-electron chi connectivity index (χ0n) is 11.4. The Morgan fingerprint density at radius 2 is 1.84 bits per heavy atom. The quantitative estimate of drug-likeness (QED) is 0.351.